The van der Waals surface area contributed by atoms with E-state index >= 15 is 0 Å². The van der Waals surface area contributed by atoms with Crippen molar-refractivity contribution in [1.82, 2.24) is 9.55 Å². The summed E-state index contributed by atoms with van der Waals surface area (Å²) >= 11 is 14.6. The summed E-state index contributed by atoms with van der Waals surface area (Å²) in [5.41, 5.74) is -0.215. The molecule has 0 fully saturated rings. The Morgan fingerprint density at radius 3 is 2.90 bits per heavy atom. The first-order valence-electron chi connectivity index (χ1n) is 5.91. The van der Waals surface area contributed by atoms with Gasteiger partial charge in [-0.2, -0.15) is 5.26 Å². The van der Waals surface area contributed by atoms with Crippen LogP contribution in [0.2, 0.25) is 10.0 Å². The Bertz CT molecular complexity index is 829. The molecule has 0 amide bonds. The van der Waals surface area contributed by atoms with Crippen LogP contribution in [0.3, 0.4) is 0 Å². The predicted octanol–water partition coefficient (Wildman–Crippen LogP) is 3.68. The standard InChI is InChI=1S/C13H7Cl2N3OS2/c14-9-2-1-7(5-10(9)15)21-11-8(6-16)12(19)18-3-4-20-13(18)17-11/h1-2,5H,3-4H2. The van der Waals surface area contributed by atoms with Crippen molar-refractivity contribution >= 4 is 46.7 Å². The molecule has 0 saturated carbocycles. The second-order valence-electron chi connectivity index (χ2n) is 4.17. The van der Waals surface area contributed by atoms with Crippen molar-refractivity contribution in [2.45, 2.75) is 21.6 Å². The lowest BCUT2D eigenvalue weighted by Gasteiger charge is -2.07. The number of benzene rings is 1. The maximum atomic E-state index is 12.3. The van der Waals surface area contributed by atoms with Gasteiger partial charge in [0.2, 0.25) is 0 Å². The number of nitrogens with zero attached hydrogens (tertiary/aromatic N) is 3. The van der Waals surface area contributed by atoms with Gasteiger partial charge < -0.3 is 0 Å². The van der Waals surface area contributed by atoms with E-state index < -0.39 is 0 Å². The lowest BCUT2D eigenvalue weighted by molar-refractivity contribution is 0.633. The molecule has 1 aromatic carbocycles. The van der Waals surface area contributed by atoms with Gasteiger partial charge in [-0.05, 0) is 18.2 Å². The van der Waals surface area contributed by atoms with Crippen LogP contribution < -0.4 is 5.56 Å². The van der Waals surface area contributed by atoms with Crippen LogP contribution in [-0.2, 0) is 6.54 Å². The fourth-order valence-electron chi connectivity index (χ4n) is 1.87. The number of halogens is 2. The molecule has 0 saturated heterocycles. The minimum atomic E-state index is -0.282. The summed E-state index contributed by atoms with van der Waals surface area (Å²) < 4.78 is 1.54. The Balaban J connectivity index is 2.06. The van der Waals surface area contributed by atoms with Gasteiger partial charge in [-0.3, -0.25) is 9.36 Å². The van der Waals surface area contributed by atoms with Crippen LogP contribution in [0.1, 0.15) is 5.56 Å². The van der Waals surface area contributed by atoms with Crippen LogP contribution in [0.5, 0.6) is 0 Å². The van der Waals surface area contributed by atoms with Gasteiger partial charge in [0.25, 0.3) is 5.56 Å². The van der Waals surface area contributed by atoms with E-state index in [-0.39, 0.29) is 11.1 Å². The Kier molecular flexibility index (Phi) is 4.18. The number of rotatable bonds is 2. The summed E-state index contributed by atoms with van der Waals surface area (Å²) in [5, 5.41) is 11.2. The second-order valence-corrected chi connectivity index (χ2v) is 7.11. The third-order valence-electron chi connectivity index (χ3n) is 2.86. The molecule has 2 aromatic rings. The zero-order valence-corrected chi connectivity index (χ0v) is 13.6. The number of hydrogen-bond acceptors (Lipinski definition) is 5. The van der Waals surface area contributed by atoms with Crippen molar-refractivity contribution in [3.63, 3.8) is 0 Å². The Morgan fingerprint density at radius 1 is 1.38 bits per heavy atom. The van der Waals surface area contributed by atoms with Gasteiger partial charge in [0.1, 0.15) is 16.7 Å². The molecule has 0 aliphatic carbocycles. The lowest BCUT2D eigenvalue weighted by Crippen LogP contribution is -2.23. The molecule has 21 heavy (non-hydrogen) atoms. The Labute approximate surface area is 139 Å². The topological polar surface area (TPSA) is 58.7 Å². The smallest absolute Gasteiger partial charge is 0.273 e. The Hall–Kier alpha value is -1.13. The first-order chi connectivity index (χ1) is 10.1. The van der Waals surface area contributed by atoms with E-state index in [1.54, 1.807) is 22.8 Å². The van der Waals surface area contributed by atoms with Gasteiger partial charge in [-0.1, -0.05) is 46.7 Å². The molecule has 0 N–H and O–H groups in total. The molecule has 0 unspecified atom stereocenters. The van der Waals surface area contributed by atoms with Crippen molar-refractivity contribution < 1.29 is 0 Å². The minimum Gasteiger partial charge on any atom is -0.286 e. The molecule has 4 nitrogen and oxygen atoms in total. The van der Waals surface area contributed by atoms with Crippen LogP contribution in [0.25, 0.3) is 0 Å². The number of fused-ring (bicyclic) bond motifs is 1. The molecule has 106 valence electrons. The highest BCUT2D eigenvalue weighted by Gasteiger charge is 2.21. The molecule has 3 rings (SSSR count). The molecule has 1 aromatic heterocycles. The lowest BCUT2D eigenvalue weighted by atomic mass is 10.3. The zero-order chi connectivity index (χ0) is 15.0. The molecule has 0 spiro atoms. The highest BCUT2D eigenvalue weighted by atomic mass is 35.5. The van der Waals surface area contributed by atoms with Gasteiger partial charge >= 0.3 is 0 Å². The molecule has 1 aliphatic rings. The second kappa shape index (κ2) is 5.93. The van der Waals surface area contributed by atoms with Crippen molar-refractivity contribution in [1.29, 1.82) is 5.26 Å². The van der Waals surface area contributed by atoms with Crippen molar-refractivity contribution in [3.8, 4) is 6.07 Å². The average Bonchev–Trinajstić information content (AvgIpc) is 2.92. The summed E-state index contributed by atoms with van der Waals surface area (Å²) in [6, 6.07) is 7.10. The largest absolute Gasteiger partial charge is 0.286 e. The third-order valence-corrected chi connectivity index (χ3v) is 5.54. The number of hydrogen-bond donors (Lipinski definition) is 0. The Morgan fingerprint density at radius 2 is 2.19 bits per heavy atom. The molecule has 0 bridgehead atoms. The maximum Gasteiger partial charge on any atom is 0.273 e. The van der Waals surface area contributed by atoms with Gasteiger partial charge in [0, 0.05) is 17.2 Å². The summed E-state index contributed by atoms with van der Waals surface area (Å²) in [6.07, 6.45) is 0. The highest BCUT2D eigenvalue weighted by Crippen LogP contribution is 2.34. The van der Waals surface area contributed by atoms with Gasteiger partial charge in [-0.15, -0.1) is 0 Å². The number of aromatic nitrogens is 2. The first kappa shape index (κ1) is 14.8. The predicted molar refractivity (Wildman–Crippen MR) is 84.5 cm³/mol. The first-order valence-corrected chi connectivity index (χ1v) is 8.46. The van der Waals surface area contributed by atoms with E-state index in [2.05, 4.69) is 4.98 Å². The van der Waals surface area contributed by atoms with Crippen LogP contribution in [0.15, 0.2) is 38.1 Å². The molecule has 8 heteroatoms. The molecular formula is C13H7Cl2N3OS2. The fraction of sp³-hybridized carbons (Fsp3) is 0.154. The summed E-state index contributed by atoms with van der Waals surface area (Å²) in [6.45, 7) is 0.595. The highest BCUT2D eigenvalue weighted by molar-refractivity contribution is 8.00. The summed E-state index contributed by atoms with van der Waals surface area (Å²) in [7, 11) is 0. The molecule has 0 atom stereocenters. The summed E-state index contributed by atoms with van der Waals surface area (Å²) in [4.78, 5) is 17.5. The van der Waals surface area contributed by atoms with Crippen molar-refractivity contribution in [2.75, 3.05) is 5.75 Å². The quantitative estimate of drug-likeness (QED) is 0.607. The number of thioether (sulfide) groups is 1. The average molecular weight is 356 g/mol. The van der Waals surface area contributed by atoms with Gasteiger partial charge in [-0.25, -0.2) is 4.98 Å². The maximum absolute atomic E-state index is 12.3. The van der Waals surface area contributed by atoms with Gasteiger partial charge in [0.15, 0.2) is 5.16 Å². The minimum absolute atomic E-state index is 0.0670. The summed E-state index contributed by atoms with van der Waals surface area (Å²) in [5.74, 6) is 0.800. The van der Waals surface area contributed by atoms with E-state index in [9.17, 15) is 10.1 Å². The van der Waals surface area contributed by atoms with Crippen LogP contribution in [0.4, 0.5) is 0 Å². The van der Waals surface area contributed by atoms with Crippen molar-refractivity contribution in [3.05, 3.63) is 44.2 Å². The molecule has 1 aliphatic heterocycles. The van der Waals surface area contributed by atoms with Gasteiger partial charge in [0.05, 0.1) is 10.0 Å². The SMILES string of the molecule is N#Cc1c(Sc2ccc(Cl)c(Cl)c2)nc2n(c1=O)CCS2. The third kappa shape index (κ3) is 2.79. The van der Waals surface area contributed by atoms with Crippen LogP contribution >= 0.6 is 46.7 Å². The van der Waals surface area contributed by atoms with E-state index in [4.69, 9.17) is 23.2 Å². The fourth-order valence-corrected chi connectivity index (χ4v) is 4.14. The van der Waals surface area contributed by atoms with Crippen molar-refractivity contribution in [2.24, 2.45) is 0 Å². The van der Waals surface area contributed by atoms with E-state index in [1.165, 1.54) is 23.5 Å². The monoisotopic (exact) mass is 355 g/mol. The molecule has 0 radical (unpaired) electrons. The van der Waals surface area contributed by atoms with E-state index in [0.29, 0.717) is 26.8 Å². The van der Waals surface area contributed by atoms with E-state index in [0.717, 1.165) is 10.6 Å². The van der Waals surface area contributed by atoms with Crippen LogP contribution in [0, 0.1) is 11.3 Å². The molecular weight excluding hydrogens is 349 g/mol. The number of nitriles is 1. The van der Waals surface area contributed by atoms with E-state index in [1.807, 2.05) is 6.07 Å². The van der Waals surface area contributed by atoms with Crippen LogP contribution in [-0.4, -0.2) is 15.3 Å². The zero-order valence-electron chi connectivity index (χ0n) is 10.5. The molecule has 2 heterocycles. The normalized spacial score (nSPS) is 13.0.